The molecule has 0 aliphatic carbocycles. The summed E-state index contributed by atoms with van der Waals surface area (Å²) in [6.07, 6.45) is 2.61. The smallest absolute Gasteiger partial charge is 0.319 e. The maximum absolute atomic E-state index is 13.2. The summed E-state index contributed by atoms with van der Waals surface area (Å²) in [5.41, 5.74) is 8.52. The van der Waals surface area contributed by atoms with Gasteiger partial charge in [-0.2, -0.15) is 0 Å². The summed E-state index contributed by atoms with van der Waals surface area (Å²) >= 11 is 0. The van der Waals surface area contributed by atoms with Gasteiger partial charge in [-0.1, -0.05) is 26.0 Å². The van der Waals surface area contributed by atoms with E-state index in [1.54, 1.807) is 30.3 Å². The van der Waals surface area contributed by atoms with Gasteiger partial charge >= 0.3 is 6.03 Å². The number of ketones is 1. The number of H-pyrrole nitrogens is 1. The summed E-state index contributed by atoms with van der Waals surface area (Å²) in [6, 6.07) is 8.40. The van der Waals surface area contributed by atoms with E-state index in [1.165, 1.54) is 0 Å². The molecule has 1 fully saturated rings. The standard InChI is InChI=1S/C22H29N7O2/c1-13(2)18-11-17(19(29-18)21(24)26-12-23)20(30)14-4-3-5-16(10-14)28-22(31)27-15-6-8-25-9-7-15/h3-5,10-13,15,25,29H,6-9H2,1-2H3,(H3,23,24,26)(H2,27,28,31). The number of amides is 2. The predicted octanol–water partition coefficient (Wildman–Crippen LogP) is 2.55. The number of amidine groups is 1. The van der Waals surface area contributed by atoms with Crippen molar-refractivity contribution in [2.24, 2.45) is 10.7 Å². The van der Waals surface area contributed by atoms with E-state index in [1.807, 2.05) is 13.8 Å². The van der Waals surface area contributed by atoms with Crippen molar-refractivity contribution in [3.05, 3.63) is 52.8 Å². The minimum Gasteiger partial charge on any atom is -0.382 e. The minimum atomic E-state index is -0.289. The summed E-state index contributed by atoms with van der Waals surface area (Å²) in [7, 11) is 0. The number of aromatic amines is 1. The van der Waals surface area contributed by atoms with Crippen molar-refractivity contribution in [1.29, 1.82) is 5.41 Å². The van der Waals surface area contributed by atoms with Gasteiger partial charge in [0.25, 0.3) is 0 Å². The monoisotopic (exact) mass is 423 g/mol. The molecule has 31 heavy (non-hydrogen) atoms. The van der Waals surface area contributed by atoms with Crippen LogP contribution in [0.1, 0.15) is 59.9 Å². The first-order valence-electron chi connectivity index (χ1n) is 10.4. The molecule has 3 rings (SSSR count). The van der Waals surface area contributed by atoms with E-state index in [-0.39, 0.29) is 29.6 Å². The lowest BCUT2D eigenvalue weighted by Gasteiger charge is -2.23. The lowest BCUT2D eigenvalue weighted by Crippen LogP contribution is -2.44. The van der Waals surface area contributed by atoms with Gasteiger partial charge in [0.2, 0.25) is 0 Å². The number of benzene rings is 1. The zero-order valence-electron chi connectivity index (χ0n) is 17.8. The number of piperidine rings is 1. The van der Waals surface area contributed by atoms with Crippen molar-refractivity contribution >= 4 is 29.7 Å². The maximum Gasteiger partial charge on any atom is 0.319 e. The van der Waals surface area contributed by atoms with Crippen LogP contribution in [0.15, 0.2) is 35.3 Å². The molecule has 0 bridgehead atoms. The number of aromatic nitrogens is 1. The molecule has 9 nitrogen and oxygen atoms in total. The second-order valence-corrected chi connectivity index (χ2v) is 7.84. The van der Waals surface area contributed by atoms with Gasteiger partial charge in [0.15, 0.2) is 5.78 Å². The van der Waals surface area contributed by atoms with Crippen LogP contribution >= 0.6 is 0 Å². The number of hydrogen-bond donors (Lipinski definition) is 6. The molecule has 0 spiro atoms. The SMILES string of the molecule is CC(C)c1cc(C(=O)c2cccc(NC(=O)NC3CCNCC3)c2)c(/C(N)=N\C=N)[nH]1. The van der Waals surface area contributed by atoms with E-state index in [9.17, 15) is 9.59 Å². The van der Waals surface area contributed by atoms with Crippen LogP contribution in [0.5, 0.6) is 0 Å². The predicted molar refractivity (Wildman–Crippen MR) is 122 cm³/mol. The zero-order chi connectivity index (χ0) is 22.4. The molecule has 0 saturated carbocycles. The molecule has 1 aliphatic rings. The first-order valence-corrected chi connectivity index (χ1v) is 10.4. The quantitative estimate of drug-likeness (QED) is 0.231. The summed E-state index contributed by atoms with van der Waals surface area (Å²) in [4.78, 5) is 32.5. The Labute approximate surface area is 181 Å². The molecular formula is C22H29N7O2. The van der Waals surface area contributed by atoms with E-state index in [4.69, 9.17) is 11.1 Å². The first-order chi connectivity index (χ1) is 14.9. The molecule has 2 amide bonds. The number of nitrogens with two attached hydrogens (primary N) is 1. The average molecular weight is 424 g/mol. The zero-order valence-corrected chi connectivity index (χ0v) is 17.8. The molecule has 2 heterocycles. The Balaban J connectivity index is 1.80. The Morgan fingerprint density at radius 3 is 2.68 bits per heavy atom. The lowest BCUT2D eigenvalue weighted by atomic mass is 10.0. The maximum atomic E-state index is 13.2. The Morgan fingerprint density at radius 2 is 2.00 bits per heavy atom. The number of rotatable bonds is 7. The Hall–Kier alpha value is -3.46. The van der Waals surface area contributed by atoms with E-state index >= 15 is 0 Å². The van der Waals surface area contributed by atoms with Crippen LogP contribution in [0, 0.1) is 5.41 Å². The highest BCUT2D eigenvalue weighted by Gasteiger charge is 2.21. The molecule has 1 aromatic heterocycles. The molecule has 1 aromatic carbocycles. The highest BCUT2D eigenvalue weighted by atomic mass is 16.2. The van der Waals surface area contributed by atoms with Gasteiger partial charge in [0.05, 0.1) is 11.3 Å². The molecule has 1 aliphatic heterocycles. The summed E-state index contributed by atoms with van der Waals surface area (Å²) in [6.45, 7) is 5.77. The summed E-state index contributed by atoms with van der Waals surface area (Å²) in [5.74, 6) is -0.0238. The van der Waals surface area contributed by atoms with Crippen molar-refractivity contribution in [1.82, 2.24) is 15.6 Å². The first kappa shape index (κ1) is 22.2. The third-order valence-electron chi connectivity index (χ3n) is 5.22. The summed E-state index contributed by atoms with van der Waals surface area (Å²) < 4.78 is 0. The van der Waals surface area contributed by atoms with Crippen LogP contribution in [-0.2, 0) is 0 Å². The Bertz CT molecular complexity index is 987. The summed E-state index contributed by atoms with van der Waals surface area (Å²) in [5, 5.41) is 16.2. The Morgan fingerprint density at radius 1 is 1.26 bits per heavy atom. The fourth-order valence-corrected chi connectivity index (χ4v) is 3.51. The fourth-order valence-electron chi connectivity index (χ4n) is 3.51. The van der Waals surface area contributed by atoms with Gasteiger partial charge in [-0.15, -0.1) is 0 Å². The second kappa shape index (κ2) is 10.0. The van der Waals surface area contributed by atoms with Crippen LogP contribution in [0.3, 0.4) is 0 Å². The van der Waals surface area contributed by atoms with Gasteiger partial charge in [0, 0.05) is 23.0 Å². The van der Waals surface area contributed by atoms with E-state index in [0.717, 1.165) is 38.0 Å². The van der Waals surface area contributed by atoms with Gasteiger partial charge < -0.3 is 26.7 Å². The van der Waals surface area contributed by atoms with Crippen LogP contribution < -0.4 is 21.7 Å². The van der Waals surface area contributed by atoms with Crippen LogP contribution in [0.25, 0.3) is 0 Å². The van der Waals surface area contributed by atoms with Crippen molar-refractivity contribution in [3.63, 3.8) is 0 Å². The van der Waals surface area contributed by atoms with Crippen molar-refractivity contribution in [2.45, 2.75) is 38.6 Å². The van der Waals surface area contributed by atoms with Crippen molar-refractivity contribution in [2.75, 3.05) is 18.4 Å². The normalized spacial score (nSPS) is 15.0. The van der Waals surface area contributed by atoms with E-state index < -0.39 is 0 Å². The van der Waals surface area contributed by atoms with Crippen LogP contribution in [0.2, 0.25) is 0 Å². The molecule has 7 N–H and O–H groups in total. The van der Waals surface area contributed by atoms with Crippen LogP contribution in [0.4, 0.5) is 10.5 Å². The van der Waals surface area contributed by atoms with Gasteiger partial charge in [-0.3, -0.25) is 10.2 Å². The topological polar surface area (TPSA) is 148 Å². The number of carbonyl (C=O) groups excluding carboxylic acids is 2. The van der Waals surface area contributed by atoms with Gasteiger partial charge in [-0.25, -0.2) is 9.79 Å². The largest absolute Gasteiger partial charge is 0.382 e. The van der Waals surface area contributed by atoms with Crippen molar-refractivity contribution < 1.29 is 9.59 Å². The number of nitrogens with zero attached hydrogens (tertiary/aromatic N) is 1. The third-order valence-corrected chi connectivity index (χ3v) is 5.22. The number of aliphatic imine (C=N–C) groups is 1. The molecule has 164 valence electrons. The van der Waals surface area contributed by atoms with Crippen molar-refractivity contribution in [3.8, 4) is 0 Å². The molecule has 1 saturated heterocycles. The van der Waals surface area contributed by atoms with Gasteiger partial charge in [-0.05, 0) is 50.0 Å². The number of hydrogen-bond acceptors (Lipinski definition) is 4. The van der Waals surface area contributed by atoms with Gasteiger partial charge in [0.1, 0.15) is 12.2 Å². The molecule has 2 aromatic rings. The molecule has 0 unspecified atom stereocenters. The molecule has 0 atom stereocenters. The van der Waals surface area contributed by atoms with E-state index in [0.29, 0.717) is 22.5 Å². The number of urea groups is 1. The van der Waals surface area contributed by atoms with Crippen LogP contribution in [-0.4, -0.2) is 48.1 Å². The lowest BCUT2D eigenvalue weighted by molar-refractivity contribution is 0.103. The fraction of sp³-hybridized carbons (Fsp3) is 0.364. The molecular weight excluding hydrogens is 394 g/mol. The Kier molecular flexibility index (Phi) is 7.19. The number of anilines is 1. The van der Waals surface area contributed by atoms with E-state index in [2.05, 4.69) is 25.9 Å². The third kappa shape index (κ3) is 5.58. The number of carbonyl (C=O) groups is 2. The molecule has 0 radical (unpaired) electrons. The number of nitrogens with one attached hydrogen (secondary N) is 5. The minimum absolute atomic E-state index is 0.0703. The highest BCUT2D eigenvalue weighted by molar-refractivity contribution is 6.16. The highest BCUT2D eigenvalue weighted by Crippen LogP contribution is 2.22. The second-order valence-electron chi connectivity index (χ2n) is 7.84. The average Bonchev–Trinajstić information content (AvgIpc) is 3.20. The molecule has 9 heteroatoms.